The Morgan fingerprint density at radius 2 is 1.63 bits per heavy atom. The highest BCUT2D eigenvalue weighted by Gasteiger charge is 2.17. The summed E-state index contributed by atoms with van der Waals surface area (Å²) in [6.07, 6.45) is 2.70. The van der Waals surface area contributed by atoms with Crippen LogP contribution < -0.4 is 10.0 Å². The van der Waals surface area contributed by atoms with Gasteiger partial charge in [0.15, 0.2) is 12.4 Å². The fourth-order valence-corrected chi connectivity index (χ4v) is 3.27. The van der Waals surface area contributed by atoms with Crippen LogP contribution in [0, 0.1) is 0 Å². The third-order valence-electron chi connectivity index (χ3n) is 3.75. The number of imide groups is 1. The van der Waals surface area contributed by atoms with E-state index in [1.165, 1.54) is 48.9 Å². The molecule has 30 heavy (non-hydrogen) atoms. The summed E-state index contributed by atoms with van der Waals surface area (Å²) in [4.78, 5) is 35.3. The van der Waals surface area contributed by atoms with E-state index in [2.05, 4.69) is 4.72 Å². The summed E-state index contributed by atoms with van der Waals surface area (Å²) in [5.41, 5.74) is 0.0325. The van der Waals surface area contributed by atoms with Gasteiger partial charge in [0.2, 0.25) is 10.0 Å². The minimum atomic E-state index is -3.81. The van der Waals surface area contributed by atoms with Crippen molar-refractivity contribution < 1.29 is 36.4 Å². The Hall–Kier alpha value is -3.70. The molecule has 0 saturated heterocycles. The van der Waals surface area contributed by atoms with Crippen LogP contribution in [0.25, 0.3) is 0 Å². The second-order valence-corrected chi connectivity index (χ2v) is 7.63. The maximum absolute atomic E-state index is 12.3. The molecule has 3 aromatic rings. The molecule has 0 radical (unpaired) electrons. The van der Waals surface area contributed by atoms with Gasteiger partial charge in [-0.1, -0.05) is 0 Å². The number of amides is 2. The SMILES string of the molecule is O=C(COC(=O)c1ccc(S(=O)(=O)NCc2ccco2)cc1)NC(=O)c1ccco1. The van der Waals surface area contributed by atoms with Crippen LogP contribution in [0.4, 0.5) is 0 Å². The van der Waals surface area contributed by atoms with Crippen LogP contribution in [-0.2, 0) is 26.1 Å². The lowest BCUT2D eigenvalue weighted by atomic mass is 10.2. The first-order valence-electron chi connectivity index (χ1n) is 8.52. The molecule has 2 aromatic heterocycles. The van der Waals surface area contributed by atoms with Gasteiger partial charge in [-0.2, -0.15) is 0 Å². The van der Waals surface area contributed by atoms with Crippen molar-refractivity contribution in [3.05, 3.63) is 78.1 Å². The summed E-state index contributed by atoms with van der Waals surface area (Å²) in [5.74, 6) is -2.08. The van der Waals surface area contributed by atoms with Crippen LogP contribution in [0.3, 0.4) is 0 Å². The molecule has 0 aliphatic heterocycles. The van der Waals surface area contributed by atoms with E-state index >= 15 is 0 Å². The van der Waals surface area contributed by atoms with Gasteiger partial charge in [0, 0.05) is 0 Å². The van der Waals surface area contributed by atoms with Crippen molar-refractivity contribution in [1.29, 1.82) is 0 Å². The van der Waals surface area contributed by atoms with Gasteiger partial charge in [0.25, 0.3) is 11.8 Å². The predicted octanol–water partition coefficient (Wildman–Crippen LogP) is 1.46. The third kappa shape index (κ3) is 5.43. The molecular formula is C19H16N2O8S. The van der Waals surface area contributed by atoms with Crippen molar-refractivity contribution >= 4 is 27.8 Å². The van der Waals surface area contributed by atoms with E-state index in [1.807, 2.05) is 5.32 Å². The minimum Gasteiger partial charge on any atom is -0.468 e. The zero-order chi connectivity index (χ0) is 21.6. The summed E-state index contributed by atoms with van der Waals surface area (Å²) in [6.45, 7) is -0.721. The lowest BCUT2D eigenvalue weighted by Crippen LogP contribution is -2.34. The molecular weight excluding hydrogens is 416 g/mol. The molecule has 0 aliphatic carbocycles. The summed E-state index contributed by atoms with van der Waals surface area (Å²) in [6, 6.07) is 11.1. The largest absolute Gasteiger partial charge is 0.468 e. The predicted molar refractivity (Wildman–Crippen MR) is 101 cm³/mol. The van der Waals surface area contributed by atoms with E-state index in [1.54, 1.807) is 12.1 Å². The molecule has 0 saturated carbocycles. The monoisotopic (exact) mass is 432 g/mol. The molecule has 10 nitrogen and oxygen atoms in total. The molecule has 0 fully saturated rings. The fourth-order valence-electron chi connectivity index (χ4n) is 2.28. The first kappa shape index (κ1) is 21.0. The number of carbonyl (C=O) groups is 3. The Labute approximate surface area is 170 Å². The number of furan rings is 2. The second kappa shape index (κ2) is 9.20. The van der Waals surface area contributed by atoms with Crippen molar-refractivity contribution in [1.82, 2.24) is 10.0 Å². The Kier molecular flexibility index (Phi) is 6.45. The summed E-state index contributed by atoms with van der Waals surface area (Å²) < 4.78 is 41.6. The van der Waals surface area contributed by atoms with Gasteiger partial charge in [-0.25, -0.2) is 17.9 Å². The summed E-state index contributed by atoms with van der Waals surface area (Å²) in [7, 11) is -3.81. The average Bonchev–Trinajstić information content (AvgIpc) is 3.45. The molecule has 2 amide bonds. The van der Waals surface area contributed by atoms with Crippen molar-refractivity contribution in [3.8, 4) is 0 Å². The van der Waals surface area contributed by atoms with E-state index in [4.69, 9.17) is 13.6 Å². The van der Waals surface area contributed by atoms with Crippen molar-refractivity contribution in [2.24, 2.45) is 0 Å². The Morgan fingerprint density at radius 1 is 0.933 bits per heavy atom. The van der Waals surface area contributed by atoms with E-state index in [0.29, 0.717) is 5.76 Å². The van der Waals surface area contributed by atoms with Gasteiger partial charge in [0.05, 0.1) is 29.5 Å². The summed E-state index contributed by atoms with van der Waals surface area (Å²) >= 11 is 0. The number of nitrogens with one attached hydrogen (secondary N) is 2. The Morgan fingerprint density at radius 3 is 2.27 bits per heavy atom. The van der Waals surface area contributed by atoms with Gasteiger partial charge < -0.3 is 13.6 Å². The van der Waals surface area contributed by atoms with Crippen LogP contribution in [0.5, 0.6) is 0 Å². The van der Waals surface area contributed by atoms with Crippen LogP contribution in [0.2, 0.25) is 0 Å². The van der Waals surface area contributed by atoms with Crippen LogP contribution in [-0.4, -0.2) is 32.8 Å². The minimum absolute atomic E-state index is 0.0229. The average molecular weight is 432 g/mol. The fraction of sp³-hybridized carbons (Fsp3) is 0.105. The normalized spacial score (nSPS) is 11.1. The van der Waals surface area contributed by atoms with Crippen molar-refractivity contribution in [3.63, 3.8) is 0 Å². The van der Waals surface area contributed by atoms with E-state index in [9.17, 15) is 22.8 Å². The number of sulfonamides is 1. The van der Waals surface area contributed by atoms with E-state index in [0.717, 1.165) is 0 Å². The smallest absolute Gasteiger partial charge is 0.338 e. The first-order chi connectivity index (χ1) is 14.3. The molecule has 0 unspecified atom stereocenters. The lowest BCUT2D eigenvalue weighted by molar-refractivity contribution is -0.123. The van der Waals surface area contributed by atoms with Crippen molar-refractivity contribution in [2.45, 2.75) is 11.4 Å². The molecule has 0 aliphatic rings. The maximum atomic E-state index is 12.3. The Balaban J connectivity index is 1.51. The number of hydrogen-bond donors (Lipinski definition) is 2. The number of rotatable bonds is 8. The van der Waals surface area contributed by atoms with E-state index in [-0.39, 0.29) is 22.8 Å². The topological polar surface area (TPSA) is 145 Å². The molecule has 156 valence electrons. The molecule has 2 heterocycles. The van der Waals surface area contributed by atoms with Crippen LogP contribution in [0.15, 0.2) is 74.8 Å². The van der Waals surface area contributed by atoms with Crippen LogP contribution in [0.1, 0.15) is 26.7 Å². The summed E-state index contributed by atoms with van der Waals surface area (Å²) in [5, 5.41) is 2.00. The van der Waals surface area contributed by atoms with Gasteiger partial charge in [-0.05, 0) is 48.5 Å². The van der Waals surface area contributed by atoms with Gasteiger partial charge in [0.1, 0.15) is 5.76 Å². The number of esters is 1. The van der Waals surface area contributed by atoms with Crippen molar-refractivity contribution in [2.75, 3.05) is 6.61 Å². The first-order valence-corrected chi connectivity index (χ1v) is 10.0. The number of hydrogen-bond acceptors (Lipinski definition) is 8. The molecule has 2 N–H and O–H groups in total. The van der Waals surface area contributed by atoms with E-state index < -0.39 is 34.4 Å². The zero-order valence-electron chi connectivity index (χ0n) is 15.4. The number of benzene rings is 1. The molecule has 0 atom stereocenters. The Bertz CT molecular complexity index is 1120. The second-order valence-electron chi connectivity index (χ2n) is 5.86. The quantitative estimate of drug-likeness (QED) is 0.509. The van der Waals surface area contributed by atoms with Crippen LogP contribution >= 0.6 is 0 Å². The molecule has 11 heteroatoms. The highest BCUT2D eigenvalue weighted by Crippen LogP contribution is 2.12. The number of ether oxygens (including phenoxy) is 1. The van der Waals surface area contributed by atoms with Gasteiger partial charge >= 0.3 is 5.97 Å². The zero-order valence-corrected chi connectivity index (χ0v) is 16.2. The molecule has 0 spiro atoms. The van der Waals surface area contributed by atoms with Gasteiger partial charge in [-0.15, -0.1) is 0 Å². The van der Waals surface area contributed by atoms with Gasteiger partial charge in [-0.3, -0.25) is 14.9 Å². The molecule has 3 rings (SSSR count). The maximum Gasteiger partial charge on any atom is 0.338 e. The third-order valence-corrected chi connectivity index (χ3v) is 5.17. The molecule has 0 bridgehead atoms. The molecule has 1 aromatic carbocycles. The lowest BCUT2D eigenvalue weighted by Gasteiger charge is -2.07. The standard InChI is InChI=1S/C19H16N2O8S/c22-17(21-18(23)16-4-2-10-28-16)12-29-19(24)13-5-7-15(8-6-13)30(25,26)20-11-14-3-1-9-27-14/h1-10,20H,11-12H2,(H,21,22,23). The highest BCUT2D eigenvalue weighted by molar-refractivity contribution is 7.89. The number of carbonyl (C=O) groups excluding carboxylic acids is 3. The highest BCUT2D eigenvalue weighted by atomic mass is 32.2.